The number of nitrogens with two attached hydrogens (primary N) is 1. The maximum absolute atomic E-state index is 13.8. The molecule has 1 aliphatic heterocycles. The van der Waals surface area contributed by atoms with Crippen molar-refractivity contribution in [3.63, 3.8) is 0 Å². The number of piperidine rings is 1. The van der Waals surface area contributed by atoms with Gasteiger partial charge in [0.2, 0.25) is 0 Å². The number of hydrogen-bond donors (Lipinski definition) is 1. The van der Waals surface area contributed by atoms with Gasteiger partial charge in [-0.05, 0) is 44.4 Å². The number of rotatable bonds is 3. The summed E-state index contributed by atoms with van der Waals surface area (Å²) in [4.78, 5) is 2.31. The highest BCUT2D eigenvalue weighted by Crippen LogP contribution is 2.25. The van der Waals surface area contributed by atoms with E-state index >= 15 is 0 Å². The molecule has 100 valence electrons. The molecule has 0 aliphatic carbocycles. The maximum atomic E-state index is 13.8. The van der Waals surface area contributed by atoms with Gasteiger partial charge in [-0.2, -0.15) is 0 Å². The topological polar surface area (TPSA) is 29.3 Å². The second kappa shape index (κ2) is 6.13. The lowest BCUT2D eigenvalue weighted by molar-refractivity contribution is 0.152. The molecule has 0 bridgehead atoms. The van der Waals surface area contributed by atoms with Crippen molar-refractivity contribution in [1.29, 1.82) is 0 Å². The molecule has 0 spiro atoms. The van der Waals surface area contributed by atoms with Gasteiger partial charge in [0.15, 0.2) is 0 Å². The second-order valence-corrected chi connectivity index (χ2v) is 6.05. The molecular weight excluding hydrogens is 295 g/mol. The van der Waals surface area contributed by atoms with E-state index in [-0.39, 0.29) is 11.9 Å². The van der Waals surface area contributed by atoms with Crippen molar-refractivity contribution in [2.45, 2.75) is 32.4 Å². The average Bonchev–Trinajstić information content (AvgIpc) is 2.34. The van der Waals surface area contributed by atoms with Crippen molar-refractivity contribution in [2.24, 2.45) is 11.7 Å². The molecular formula is C14H20BrFN2. The summed E-state index contributed by atoms with van der Waals surface area (Å²) in [7, 11) is 0. The van der Waals surface area contributed by atoms with E-state index in [0.717, 1.165) is 29.5 Å². The third-order valence-electron chi connectivity index (χ3n) is 3.73. The number of hydrogen-bond acceptors (Lipinski definition) is 2. The van der Waals surface area contributed by atoms with Crippen LogP contribution >= 0.6 is 15.9 Å². The Balaban J connectivity index is 2.05. The monoisotopic (exact) mass is 314 g/mol. The van der Waals surface area contributed by atoms with E-state index in [1.807, 2.05) is 6.07 Å². The Kier molecular flexibility index (Phi) is 4.76. The fourth-order valence-corrected chi connectivity index (χ4v) is 3.04. The van der Waals surface area contributed by atoms with E-state index < -0.39 is 0 Å². The van der Waals surface area contributed by atoms with Crippen LogP contribution in [0.5, 0.6) is 0 Å². The van der Waals surface area contributed by atoms with Crippen LogP contribution < -0.4 is 5.73 Å². The highest BCUT2D eigenvalue weighted by atomic mass is 79.9. The number of likely N-dealkylation sites (tertiary alicyclic amines) is 1. The van der Waals surface area contributed by atoms with E-state index in [1.165, 1.54) is 12.5 Å². The van der Waals surface area contributed by atoms with Crippen LogP contribution in [-0.2, 0) is 6.54 Å². The summed E-state index contributed by atoms with van der Waals surface area (Å²) in [6.07, 6.45) is 2.34. The molecule has 0 aromatic heterocycles. The van der Waals surface area contributed by atoms with Gasteiger partial charge in [0, 0.05) is 29.2 Å². The maximum Gasteiger partial charge on any atom is 0.128 e. The van der Waals surface area contributed by atoms with Crippen molar-refractivity contribution in [3.8, 4) is 0 Å². The molecule has 2 N–H and O–H groups in total. The fraction of sp³-hybridized carbons (Fsp3) is 0.571. The van der Waals surface area contributed by atoms with Gasteiger partial charge in [0.1, 0.15) is 5.82 Å². The summed E-state index contributed by atoms with van der Waals surface area (Å²) >= 11 is 3.43. The van der Waals surface area contributed by atoms with Gasteiger partial charge < -0.3 is 5.73 Å². The largest absolute Gasteiger partial charge is 0.328 e. The quantitative estimate of drug-likeness (QED) is 0.928. The number of nitrogens with zero attached hydrogens (tertiary/aromatic N) is 1. The van der Waals surface area contributed by atoms with E-state index in [4.69, 9.17) is 5.73 Å². The standard InChI is InChI=1S/C14H20BrFN2/c1-10(17)11-4-3-7-18(8-11)9-12-13(15)5-2-6-14(12)16/h2,5-6,10-11H,3-4,7-9,17H2,1H3. The van der Waals surface area contributed by atoms with Gasteiger partial charge in [-0.3, -0.25) is 4.90 Å². The SMILES string of the molecule is CC(N)C1CCCN(Cc2c(F)cccc2Br)C1. The zero-order valence-electron chi connectivity index (χ0n) is 10.7. The van der Waals surface area contributed by atoms with Crippen LogP contribution in [0.2, 0.25) is 0 Å². The lowest BCUT2D eigenvalue weighted by Crippen LogP contribution is -2.42. The summed E-state index contributed by atoms with van der Waals surface area (Å²) in [6.45, 7) is 4.73. The van der Waals surface area contributed by atoms with Crippen LogP contribution in [0.1, 0.15) is 25.3 Å². The second-order valence-electron chi connectivity index (χ2n) is 5.20. The molecule has 18 heavy (non-hydrogen) atoms. The molecule has 4 heteroatoms. The average molecular weight is 315 g/mol. The Morgan fingerprint density at radius 3 is 3.00 bits per heavy atom. The van der Waals surface area contributed by atoms with Gasteiger partial charge in [-0.25, -0.2) is 4.39 Å². The van der Waals surface area contributed by atoms with Crippen molar-refractivity contribution >= 4 is 15.9 Å². The van der Waals surface area contributed by atoms with Crippen LogP contribution in [0.4, 0.5) is 4.39 Å². The van der Waals surface area contributed by atoms with Crippen molar-refractivity contribution in [2.75, 3.05) is 13.1 Å². The molecule has 1 saturated heterocycles. The predicted molar refractivity (Wildman–Crippen MR) is 75.8 cm³/mol. The van der Waals surface area contributed by atoms with Gasteiger partial charge in [-0.1, -0.05) is 22.0 Å². The minimum Gasteiger partial charge on any atom is -0.328 e. The van der Waals surface area contributed by atoms with Crippen molar-refractivity contribution < 1.29 is 4.39 Å². The van der Waals surface area contributed by atoms with Gasteiger partial charge in [-0.15, -0.1) is 0 Å². The summed E-state index contributed by atoms with van der Waals surface area (Å²) in [6, 6.07) is 5.36. The summed E-state index contributed by atoms with van der Waals surface area (Å²) in [5.41, 5.74) is 6.73. The normalized spacial score (nSPS) is 23.0. The number of halogens is 2. The molecule has 1 aromatic rings. The zero-order valence-corrected chi connectivity index (χ0v) is 12.3. The van der Waals surface area contributed by atoms with Crippen molar-refractivity contribution in [1.82, 2.24) is 4.90 Å². The Bertz CT molecular complexity index is 389. The molecule has 2 nitrogen and oxygen atoms in total. The molecule has 1 heterocycles. The van der Waals surface area contributed by atoms with E-state index in [0.29, 0.717) is 12.5 Å². The Morgan fingerprint density at radius 2 is 2.33 bits per heavy atom. The van der Waals surface area contributed by atoms with E-state index in [2.05, 4.69) is 27.8 Å². The molecule has 0 radical (unpaired) electrons. The molecule has 2 atom stereocenters. The van der Waals surface area contributed by atoms with Gasteiger partial charge >= 0.3 is 0 Å². The lowest BCUT2D eigenvalue weighted by Gasteiger charge is -2.34. The molecule has 0 saturated carbocycles. The van der Waals surface area contributed by atoms with Crippen LogP contribution in [0, 0.1) is 11.7 Å². The Labute approximate surface area is 116 Å². The van der Waals surface area contributed by atoms with Crippen LogP contribution in [0.15, 0.2) is 22.7 Å². The van der Waals surface area contributed by atoms with Crippen LogP contribution in [0.3, 0.4) is 0 Å². The third-order valence-corrected chi connectivity index (χ3v) is 4.47. The van der Waals surface area contributed by atoms with Crippen LogP contribution in [0.25, 0.3) is 0 Å². The van der Waals surface area contributed by atoms with Gasteiger partial charge in [0.05, 0.1) is 0 Å². The predicted octanol–water partition coefficient (Wildman–Crippen LogP) is 3.15. The van der Waals surface area contributed by atoms with Crippen molar-refractivity contribution in [3.05, 3.63) is 34.1 Å². The molecule has 1 fully saturated rings. The molecule has 0 amide bonds. The Hall–Kier alpha value is -0.450. The number of benzene rings is 1. The first-order valence-electron chi connectivity index (χ1n) is 6.48. The first-order valence-corrected chi connectivity index (χ1v) is 7.28. The van der Waals surface area contributed by atoms with E-state index in [1.54, 1.807) is 6.07 Å². The highest BCUT2D eigenvalue weighted by molar-refractivity contribution is 9.10. The first-order chi connectivity index (χ1) is 8.58. The summed E-state index contributed by atoms with van der Waals surface area (Å²) < 4.78 is 14.6. The minimum atomic E-state index is -0.132. The molecule has 1 aromatic carbocycles. The zero-order chi connectivity index (χ0) is 13.1. The molecule has 2 rings (SSSR count). The lowest BCUT2D eigenvalue weighted by atomic mass is 9.92. The van der Waals surface area contributed by atoms with Crippen LogP contribution in [-0.4, -0.2) is 24.0 Å². The van der Waals surface area contributed by atoms with Gasteiger partial charge in [0.25, 0.3) is 0 Å². The molecule has 2 unspecified atom stereocenters. The fourth-order valence-electron chi connectivity index (χ4n) is 2.57. The highest BCUT2D eigenvalue weighted by Gasteiger charge is 2.23. The van der Waals surface area contributed by atoms with E-state index in [9.17, 15) is 4.39 Å². The molecule has 1 aliphatic rings. The first kappa shape index (κ1) is 14.0. The minimum absolute atomic E-state index is 0.132. The summed E-state index contributed by atoms with van der Waals surface area (Å²) in [5, 5.41) is 0. The third kappa shape index (κ3) is 3.31. The summed E-state index contributed by atoms with van der Waals surface area (Å²) in [5.74, 6) is 0.400. The smallest absolute Gasteiger partial charge is 0.128 e. The Morgan fingerprint density at radius 1 is 1.56 bits per heavy atom.